The average molecular weight is 288 g/mol. The standard InChI is InChI=1S/C17H24N2O2/c1-3-13(2)16(17(18)21)19-15(20)12-8-7-11-14-9-5-4-6-10-14/h4-7,9-11,13,16H,3,8,12H2,1-2H3,(H2,18,21)(H,19,20)/b11-7-/t13-,16+/m0/s1. The number of rotatable bonds is 8. The first-order chi connectivity index (χ1) is 10.0. The minimum Gasteiger partial charge on any atom is -0.368 e. The monoisotopic (exact) mass is 288 g/mol. The molecule has 1 aromatic rings. The first kappa shape index (κ1) is 17.0. The van der Waals surface area contributed by atoms with E-state index in [1.165, 1.54) is 0 Å². The molecule has 4 heteroatoms. The molecule has 0 spiro atoms. The fourth-order valence-electron chi connectivity index (χ4n) is 1.97. The number of amides is 2. The van der Waals surface area contributed by atoms with E-state index in [9.17, 15) is 9.59 Å². The third-order valence-corrected chi connectivity index (χ3v) is 3.48. The van der Waals surface area contributed by atoms with E-state index in [1.807, 2.05) is 56.3 Å². The summed E-state index contributed by atoms with van der Waals surface area (Å²) in [7, 11) is 0. The summed E-state index contributed by atoms with van der Waals surface area (Å²) in [5.41, 5.74) is 6.43. The van der Waals surface area contributed by atoms with Crippen LogP contribution in [0.1, 0.15) is 38.7 Å². The Balaban J connectivity index is 2.39. The van der Waals surface area contributed by atoms with Gasteiger partial charge in [-0.15, -0.1) is 0 Å². The molecule has 0 saturated carbocycles. The van der Waals surface area contributed by atoms with Crippen LogP contribution in [0.25, 0.3) is 6.08 Å². The summed E-state index contributed by atoms with van der Waals surface area (Å²) in [6, 6.07) is 9.32. The van der Waals surface area contributed by atoms with Gasteiger partial charge in [-0.05, 0) is 17.9 Å². The van der Waals surface area contributed by atoms with Gasteiger partial charge in [0, 0.05) is 6.42 Å². The molecular formula is C17H24N2O2. The number of carbonyl (C=O) groups is 2. The molecule has 0 heterocycles. The van der Waals surface area contributed by atoms with Crippen molar-refractivity contribution in [1.29, 1.82) is 0 Å². The Morgan fingerprint density at radius 3 is 2.52 bits per heavy atom. The molecule has 4 nitrogen and oxygen atoms in total. The zero-order chi connectivity index (χ0) is 15.7. The van der Waals surface area contributed by atoms with Crippen LogP contribution in [0.5, 0.6) is 0 Å². The second-order valence-electron chi connectivity index (χ2n) is 5.18. The number of hydrogen-bond donors (Lipinski definition) is 2. The van der Waals surface area contributed by atoms with Crippen molar-refractivity contribution in [2.45, 2.75) is 39.2 Å². The molecule has 1 rings (SSSR count). The maximum absolute atomic E-state index is 11.8. The SMILES string of the molecule is CC[C@H](C)[C@@H](NC(=O)CC/C=C\c1ccccc1)C(N)=O. The van der Waals surface area contributed by atoms with E-state index in [1.54, 1.807) is 0 Å². The molecule has 0 saturated heterocycles. The second kappa shape index (κ2) is 8.95. The van der Waals surface area contributed by atoms with E-state index in [4.69, 9.17) is 5.73 Å². The van der Waals surface area contributed by atoms with Crippen molar-refractivity contribution in [3.63, 3.8) is 0 Å². The van der Waals surface area contributed by atoms with Gasteiger partial charge in [0.2, 0.25) is 11.8 Å². The molecule has 2 atom stereocenters. The molecule has 3 N–H and O–H groups in total. The molecule has 1 aromatic carbocycles. The van der Waals surface area contributed by atoms with Crippen molar-refractivity contribution in [1.82, 2.24) is 5.32 Å². The minimum absolute atomic E-state index is 0.0475. The Labute approximate surface area is 126 Å². The van der Waals surface area contributed by atoms with Gasteiger partial charge in [-0.3, -0.25) is 9.59 Å². The van der Waals surface area contributed by atoms with Gasteiger partial charge >= 0.3 is 0 Å². The Kier molecular flexibility index (Phi) is 7.23. The van der Waals surface area contributed by atoms with Gasteiger partial charge in [-0.1, -0.05) is 62.8 Å². The van der Waals surface area contributed by atoms with Crippen molar-refractivity contribution >= 4 is 17.9 Å². The van der Waals surface area contributed by atoms with E-state index in [2.05, 4.69) is 5.32 Å². The van der Waals surface area contributed by atoms with Crippen LogP contribution in [0.4, 0.5) is 0 Å². The van der Waals surface area contributed by atoms with E-state index < -0.39 is 11.9 Å². The van der Waals surface area contributed by atoms with Gasteiger partial charge < -0.3 is 11.1 Å². The maximum atomic E-state index is 11.8. The van der Waals surface area contributed by atoms with Gasteiger partial charge in [0.15, 0.2) is 0 Å². The highest BCUT2D eigenvalue weighted by atomic mass is 16.2. The van der Waals surface area contributed by atoms with Gasteiger partial charge in [0.1, 0.15) is 6.04 Å². The number of nitrogens with one attached hydrogen (secondary N) is 1. The predicted octanol–water partition coefficient (Wildman–Crippen LogP) is 2.50. The lowest BCUT2D eigenvalue weighted by atomic mass is 9.98. The lowest BCUT2D eigenvalue weighted by Gasteiger charge is -2.20. The van der Waals surface area contributed by atoms with Gasteiger partial charge in [-0.25, -0.2) is 0 Å². The van der Waals surface area contributed by atoms with Crippen LogP contribution in [0, 0.1) is 5.92 Å². The van der Waals surface area contributed by atoms with Crippen LogP contribution >= 0.6 is 0 Å². The predicted molar refractivity (Wildman–Crippen MR) is 85.3 cm³/mol. The number of nitrogens with two attached hydrogens (primary N) is 1. The number of benzene rings is 1. The normalized spacial score (nSPS) is 13.8. The molecule has 21 heavy (non-hydrogen) atoms. The molecule has 0 unspecified atom stereocenters. The zero-order valence-electron chi connectivity index (χ0n) is 12.7. The van der Waals surface area contributed by atoms with Gasteiger partial charge in [0.05, 0.1) is 0 Å². The highest BCUT2D eigenvalue weighted by Gasteiger charge is 2.22. The van der Waals surface area contributed by atoms with E-state index in [0.29, 0.717) is 12.8 Å². The van der Waals surface area contributed by atoms with Crippen molar-refractivity contribution in [3.05, 3.63) is 42.0 Å². The summed E-state index contributed by atoms with van der Waals surface area (Å²) in [5.74, 6) is -0.569. The van der Waals surface area contributed by atoms with Crippen LogP contribution in [0.15, 0.2) is 36.4 Å². The molecule has 0 aliphatic heterocycles. The van der Waals surface area contributed by atoms with Gasteiger partial charge in [-0.2, -0.15) is 0 Å². The largest absolute Gasteiger partial charge is 0.368 e. The summed E-state index contributed by atoms with van der Waals surface area (Å²) < 4.78 is 0. The lowest BCUT2D eigenvalue weighted by Crippen LogP contribution is -2.48. The Bertz CT molecular complexity index is 483. The Morgan fingerprint density at radius 1 is 1.29 bits per heavy atom. The summed E-state index contributed by atoms with van der Waals surface area (Å²) in [4.78, 5) is 23.2. The molecule has 0 bridgehead atoms. The second-order valence-corrected chi connectivity index (χ2v) is 5.18. The quantitative estimate of drug-likeness (QED) is 0.771. The summed E-state index contributed by atoms with van der Waals surface area (Å²) in [6.07, 6.45) is 5.71. The molecule has 114 valence electrons. The fourth-order valence-corrected chi connectivity index (χ4v) is 1.97. The molecule has 0 radical (unpaired) electrons. The van der Waals surface area contributed by atoms with Crippen LogP contribution in [-0.4, -0.2) is 17.9 Å². The maximum Gasteiger partial charge on any atom is 0.240 e. The number of primary amides is 1. The van der Waals surface area contributed by atoms with E-state index in [-0.39, 0.29) is 11.8 Å². The highest BCUT2D eigenvalue weighted by Crippen LogP contribution is 2.08. The van der Waals surface area contributed by atoms with Crippen molar-refractivity contribution in [3.8, 4) is 0 Å². The number of hydrogen-bond acceptors (Lipinski definition) is 2. The summed E-state index contributed by atoms with van der Waals surface area (Å²) in [5, 5.41) is 2.72. The molecule has 2 amide bonds. The van der Waals surface area contributed by atoms with Gasteiger partial charge in [0.25, 0.3) is 0 Å². The van der Waals surface area contributed by atoms with Crippen LogP contribution < -0.4 is 11.1 Å². The summed E-state index contributed by atoms with van der Waals surface area (Å²) >= 11 is 0. The van der Waals surface area contributed by atoms with Crippen LogP contribution in [0.2, 0.25) is 0 Å². The number of carbonyl (C=O) groups excluding carboxylic acids is 2. The average Bonchev–Trinajstić information content (AvgIpc) is 2.49. The fraction of sp³-hybridized carbons (Fsp3) is 0.412. The minimum atomic E-state index is -0.583. The summed E-state index contributed by atoms with van der Waals surface area (Å²) in [6.45, 7) is 3.88. The van der Waals surface area contributed by atoms with Crippen LogP contribution in [-0.2, 0) is 9.59 Å². The smallest absolute Gasteiger partial charge is 0.240 e. The van der Waals surface area contributed by atoms with Crippen molar-refractivity contribution < 1.29 is 9.59 Å². The lowest BCUT2D eigenvalue weighted by molar-refractivity contribution is -0.128. The van der Waals surface area contributed by atoms with Crippen molar-refractivity contribution in [2.24, 2.45) is 11.7 Å². The third-order valence-electron chi connectivity index (χ3n) is 3.48. The molecular weight excluding hydrogens is 264 g/mol. The van der Waals surface area contributed by atoms with Crippen LogP contribution in [0.3, 0.4) is 0 Å². The highest BCUT2D eigenvalue weighted by molar-refractivity contribution is 5.86. The molecule has 0 fully saturated rings. The topological polar surface area (TPSA) is 72.2 Å². The molecule has 0 aliphatic rings. The van der Waals surface area contributed by atoms with E-state index in [0.717, 1.165) is 12.0 Å². The van der Waals surface area contributed by atoms with E-state index >= 15 is 0 Å². The first-order valence-electron chi connectivity index (χ1n) is 7.34. The number of allylic oxidation sites excluding steroid dienone is 1. The molecule has 0 aromatic heterocycles. The molecule has 0 aliphatic carbocycles. The van der Waals surface area contributed by atoms with Crippen molar-refractivity contribution in [2.75, 3.05) is 0 Å². The Morgan fingerprint density at radius 2 is 1.95 bits per heavy atom. The first-order valence-corrected chi connectivity index (χ1v) is 7.34. The zero-order valence-corrected chi connectivity index (χ0v) is 12.7. The third kappa shape index (κ3) is 6.25. The Hall–Kier alpha value is -2.10.